The molecule has 2 aliphatic rings. The Bertz CT molecular complexity index is 729. The number of benzene rings is 2. The fourth-order valence-electron chi connectivity index (χ4n) is 4.40. The zero-order valence-electron chi connectivity index (χ0n) is 16.0. The molecule has 0 aliphatic carbocycles. The Morgan fingerprint density at radius 1 is 0.680 bits per heavy atom. The van der Waals surface area contributed by atoms with Gasteiger partial charge in [-0.05, 0) is 76.0 Å². The maximum absolute atomic E-state index is 2.52. The molecule has 0 amide bonds. The van der Waals surface area contributed by atoms with Crippen LogP contribution in [0.3, 0.4) is 0 Å². The molecular weight excluding hydrogens is 324 g/mol. The van der Waals surface area contributed by atoms with Gasteiger partial charge >= 0.3 is 0 Å². The van der Waals surface area contributed by atoms with Crippen LogP contribution in [0.1, 0.15) is 30.4 Å². The topological polar surface area (TPSA) is 6.48 Å². The SMILES string of the molecule is CN(C)c1ccc2c(c1)S1(CCCCC1)c1cc(N(C)C)ccc1C2. The minimum atomic E-state index is -0.883. The van der Waals surface area contributed by atoms with Crippen LogP contribution in [0.4, 0.5) is 11.4 Å². The number of anilines is 2. The van der Waals surface area contributed by atoms with E-state index in [4.69, 9.17) is 0 Å². The molecule has 2 nitrogen and oxygen atoms in total. The third kappa shape index (κ3) is 2.73. The van der Waals surface area contributed by atoms with Crippen LogP contribution in [0.2, 0.25) is 0 Å². The average Bonchev–Trinajstić information content (AvgIpc) is 2.62. The minimum Gasteiger partial charge on any atom is -0.378 e. The Morgan fingerprint density at radius 3 is 1.60 bits per heavy atom. The molecule has 25 heavy (non-hydrogen) atoms. The molecule has 2 aromatic rings. The van der Waals surface area contributed by atoms with Gasteiger partial charge in [0, 0.05) is 39.6 Å². The Balaban J connectivity index is 1.93. The second-order valence-corrected chi connectivity index (χ2v) is 11.4. The highest BCUT2D eigenvalue weighted by atomic mass is 32.3. The van der Waals surface area contributed by atoms with E-state index in [0.29, 0.717) is 0 Å². The van der Waals surface area contributed by atoms with Crippen molar-refractivity contribution in [1.82, 2.24) is 0 Å². The minimum absolute atomic E-state index is 0.883. The quantitative estimate of drug-likeness (QED) is 0.738. The van der Waals surface area contributed by atoms with Crippen molar-refractivity contribution in [2.45, 2.75) is 35.5 Å². The Morgan fingerprint density at radius 2 is 1.16 bits per heavy atom. The van der Waals surface area contributed by atoms with Crippen molar-refractivity contribution in [3.63, 3.8) is 0 Å². The second kappa shape index (κ2) is 6.28. The molecule has 0 bridgehead atoms. The zero-order valence-corrected chi connectivity index (χ0v) is 16.8. The lowest BCUT2D eigenvalue weighted by Crippen LogP contribution is -2.23. The van der Waals surface area contributed by atoms with E-state index in [1.807, 2.05) is 0 Å². The van der Waals surface area contributed by atoms with Crippen molar-refractivity contribution >= 4 is 21.4 Å². The highest BCUT2D eigenvalue weighted by Gasteiger charge is 2.37. The molecule has 0 aromatic heterocycles. The van der Waals surface area contributed by atoms with E-state index in [0.717, 1.165) is 6.42 Å². The third-order valence-electron chi connectivity index (χ3n) is 5.84. The molecule has 1 fully saturated rings. The standard InChI is InChI=1S/C22H30N2S/c1-23(2)19-10-8-17-14-18-9-11-20(24(3)4)16-22(18)25(21(17)15-19)12-6-5-7-13-25/h8-11,15-16H,5-7,12-14H2,1-4H3. The van der Waals surface area contributed by atoms with Crippen molar-refractivity contribution in [1.29, 1.82) is 0 Å². The van der Waals surface area contributed by atoms with E-state index in [2.05, 4.69) is 74.4 Å². The fraction of sp³-hybridized carbons (Fsp3) is 0.455. The first-order chi connectivity index (χ1) is 12.0. The molecule has 1 saturated heterocycles. The summed E-state index contributed by atoms with van der Waals surface area (Å²) in [6, 6.07) is 14.4. The summed E-state index contributed by atoms with van der Waals surface area (Å²) in [6.45, 7) is 0. The van der Waals surface area contributed by atoms with Gasteiger partial charge in [-0.3, -0.25) is 0 Å². The normalized spacial score (nSPS) is 19.0. The smallest absolute Gasteiger partial charge is 0.0372 e. The first-order valence-corrected chi connectivity index (χ1v) is 11.4. The van der Waals surface area contributed by atoms with Gasteiger partial charge in [-0.15, -0.1) is 0 Å². The summed E-state index contributed by atoms with van der Waals surface area (Å²) in [4.78, 5) is 7.87. The summed E-state index contributed by atoms with van der Waals surface area (Å²) in [6.07, 6.45) is 5.26. The molecule has 0 saturated carbocycles. The van der Waals surface area contributed by atoms with Crippen LogP contribution < -0.4 is 9.80 Å². The van der Waals surface area contributed by atoms with Gasteiger partial charge in [0.15, 0.2) is 0 Å². The Hall–Kier alpha value is -1.61. The summed E-state index contributed by atoms with van der Waals surface area (Å²) in [5.74, 6) is 2.75. The lowest BCUT2D eigenvalue weighted by molar-refractivity contribution is 0.746. The Kier molecular flexibility index (Phi) is 4.23. The van der Waals surface area contributed by atoms with Crippen LogP contribution in [0.5, 0.6) is 0 Å². The van der Waals surface area contributed by atoms with Crippen LogP contribution in [-0.4, -0.2) is 39.7 Å². The number of hydrogen-bond donors (Lipinski definition) is 0. The van der Waals surface area contributed by atoms with Crippen molar-refractivity contribution in [3.05, 3.63) is 47.5 Å². The van der Waals surface area contributed by atoms with Gasteiger partial charge in [-0.1, -0.05) is 18.6 Å². The van der Waals surface area contributed by atoms with E-state index < -0.39 is 10.0 Å². The fourth-order valence-corrected chi connectivity index (χ4v) is 9.09. The van der Waals surface area contributed by atoms with Crippen LogP contribution in [-0.2, 0) is 6.42 Å². The molecule has 0 unspecified atom stereocenters. The molecule has 0 radical (unpaired) electrons. The molecule has 4 rings (SSSR count). The number of nitrogens with zero attached hydrogens (tertiary/aromatic N) is 2. The molecule has 0 atom stereocenters. The second-order valence-electron chi connectivity index (χ2n) is 7.90. The van der Waals surface area contributed by atoms with Crippen molar-refractivity contribution in [3.8, 4) is 0 Å². The first-order valence-electron chi connectivity index (χ1n) is 9.40. The molecule has 134 valence electrons. The van der Waals surface area contributed by atoms with Crippen LogP contribution in [0, 0.1) is 0 Å². The van der Waals surface area contributed by atoms with Crippen LogP contribution in [0.25, 0.3) is 0 Å². The molecule has 2 heterocycles. The van der Waals surface area contributed by atoms with Crippen molar-refractivity contribution < 1.29 is 0 Å². The third-order valence-corrected chi connectivity index (χ3v) is 10.3. The highest BCUT2D eigenvalue weighted by molar-refractivity contribution is 8.34. The maximum atomic E-state index is 2.52. The van der Waals surface area contributed by atoms with E-state index in [1.54, 1.807) is 20.9 Å². The Labute approximate surface area is 154 Å². The van der Waals surface area contributed by atoms with Gasteiger partial charge in [0.05, 0.1) is 0 Å². The molecular formula is C22H30N2S. The lowest BCUT2D eigenvalue weighted by Gasteiger charge is -2.49. The van der Waals surface area contributed by atoms with Crippen molar-refractivity contribution in [2.24, 2.45) is 0 Å². The molecule has 1 spiro atoms. The first kappa shape index (κ1) is 16.8. The lowest BCUT2D eigenvalue weighted by atomic mass is 10.0. The summed E-state index contributed by atoms with van der Waals surface area (Å²) < 4.78 is 0. The van der Waals surface area contributed by atoms with Gasteiger partial charge in [-0.2, -0.15) is 10.0 Å². The van der Waals surface area contributed by atoms with Gasteiger partial charge in [0.2, 0.25) is 0 Å². The molecule has 2 aliphatic heterocycles. The van der Waals surface area contributed by atoms with Gasteiger partial charge in [0.25, 0.3) is 0 Å². The molecule has 3 heteroatoms. The van der Waals surface area contributed by atoms with E-state index in [1.165, 1.54) is 42.1 Å². The predicted octanol–water partition coefficient (Wildman–Crippen LogP) is 5.13. The van der Waals surface area contributed by atoms with E-state index >= 15 is 0 Å². The monoisotopic (exact) mass is 354 g/mol. The van der Waals surface area contributed by atoms with Crippen molar-refractivity contribution in [2.75, 3.05) is 49.5 Å². The van der Waals surface area contributed by atoms with Gasteiger partial charge in [-0.25, -0.2) is 0 Å². The van der Waals surface area contributed by atoms with E-state index in [9.17, 15) is 0 Å². The van der Waals surface area contributed by atoms with Gasteiger partial charge < -0.3 is 9.80 Å². The van der Waals surface area contributed by atoms with Crippen LogP contribution in [0.15, 0.2) is 46.2 Å². The predicted molar refractivity (Wildman–Crippen MR) is 112 cm³/mol. The number of fused-ring (bicyclic) bond motifs is 4. The summed E-state index contributed by atoms with van der Waals surface area (Å²) in [7, 11) is 7.75. The largest absolute Gasteiger partial charge is 0.378 e. The van der Waals surface area contributed by atoms with Crippen LogP contribution >= 0.6 is 10.0 Å². The summed E-state index contributed by atoms with van der Waals surface area (Å²) in [5, 5.41) is 0. The summed E-state index contributed by atoms with van der Waals surface area (Å²) in [5.41, 5.74) is 5.85. The highest BCUT2D eigenvalue weighted by Crippen LogP contribution is 2.69. The van der Waals surface area contributed by atoms with Gasteiger partial charge in [0.1, 0.15) is 0 Å². The maximum Gasteiger partial charge on any atom is 0.0372 e. The number of rotatable bonds is 2. The summed E-state index contributed by atoms with van der Waals surface area (Å²) >= 11 is 0. The number of hydrogen-bond acceptors (Lipinski definition) is 2. The molecule has 2 aromatic carbocycles. The van der Waals surface area contributed by atoms with E-state index in [-0.39, 0.29) is 0 Å². The molecule has 0 N–H and O–H groups in total. The zero-order chi connectivity index (χ0) is 17.6. The average molecular weight is 355 g/mol.